The van der Waals surface area contributed by atoms with Crippen molar-refractivity contribution in [3.05, 3.63) is 91.4 Å². The molecule has 34 heavy (non-hydrogen) atoms. The highest BCUT2D eigenvalue weighted by molar-refractivity contribution is 6.32. The van der Waals surface area contributed by atoms with Crippen LogP contribution in [-0.4, -0.2) is 16.5 Å². The molecular weight excluding hydrogens is 458 g/mol. The van der Waals surface area contributed by atoms with Gasteiger partial charge in [-0.3, -0.25) is 19.7 Å². The van der Waals surface area contributed by atoms with Gasteiger partial charge in [0, 0.05) is 54.9 Å². The average molecular weight is 480 g/mol. The maximum atomic E-state index is 12.9. The largest absolute Gasteiger partial charge is 0.487 e. The summed E-state index contributed by atoms with van der Waals surface area (Å²) in [7, 11) is 0. The summed E-state index contributed by atoms with van der Waals surface area (Å²) in [5.41, 5.74) is 2.70. The highest BCUT2D eigenvalue weighted by atomic mass is 35.5. The summed E-state index contributed by atoms with van der Waals surface area (Å²) in [5.74, 6) is 1.38. The summed E-state index contributed by atoms with van der Waals surface area (Å²) in [6.45, 7) is 0.190. The second kappa shape index (κ2) is 9.06. The third-order valence-electron chi connectivity index (χ3n) is 6.47. The molecule has 1 aliphatic heterocycles. The van der Waals surface area contributed by atoms with Crippen LogP contribution in [0, 0.1) is 10.1 Å². The molecular formula is C26H22ClNO6. The zero-order chi connectivity index (χ0) is 23.8. The number of Topliss-reactive ketones (excluding diaryl/α,β-unsaturated/α-hetero) is 2. The van der Waals surface area contributed by atoms with Crippen LogP contribution in [0.1, 0.15) is 55.6 Å². The summed E-state index contributed by atoms with van der Waals surface area (Å²) >= 11 is 6.56. The minimum Gasteiger partial charge on any atom is -0.487 e. The fraction of sp³-hybridized carbons (Fsp3) is 0.308. The lowest BCUT2D eigenvalue weighted by molar-refractivity contribution is -0.384. The molecule has 0 saturated heterocycles. The molecule has 2 aromatic carbocycles. The van der Waals surface area contributed by atoms with E-state index in [0.717, 1.165) is 24.0 Å². The molecule has 5 rings (SSSR count). The second-order valence-electron chi connectivity index (χ2n) is 8.66. The molecule has 0 radical (unpaired) electrons. The Morgan fingerprint density at radius 3 is 2.12 bits per heavy atom. The van der Waals surface area contributed by atoms with Crippen LogP contribution in [-0.2, 0) is 20.9 Å². The van der Waals surface area contributed by atoms with Crippen molar-refractivity contribution in [3.63, 3.8) is 0 Å². The van der Waals surface area contributed by atoms with Gasteiger partial charge in [0.05, 0.1) is 9.95 Å². The first kappa shape index (κ1) is 22.3. The topological polar surface area (TPSA) is 95.7 Å². The van der Waals surface area contributed by atoms with Crippen LogP contribution in [0.15, 0.2) is 65.1 Å². The second-order valence-corrected chi connectivity index (χ2v) is 9.07. The Morgan fingerprint density at radius 2 is 1.56 bits per heavy atom. The summed E-state index contributed by atoms with van der Waals surface area (Å²) in [6, 6.07) is 11.4. The lowest BCUT2D eigenvalue weighted by atomic mass is 9.73. The molecule has 2 aromatic rings. The molecule has 0 N–H and O–H groups in total. The van der Waals surface area contributed by atoms with Gasteiger partial charge in [0.1, 0.15) is 23.9 Å². The van der Waals surface area contributed by atoms with E-state index in [9.17, 15) is 19.7 Å². The first-order valence-corrected chi connectivity index (χ1v) is 11.7. The molecule has 0 atom stereocenters. The van der Waals surface area contributed by atoms with Gasteiger partial charge in [0.2, 0.25) is 0 Å². The number of carbonyl (C=O) groups is 2. The zero-order valence-corrected chi connectivity index (χ0v) is 19.1. The van der Waals surface area contributed by atoms with Gasteiger partial charge in [0.15, 0.2) is 11.6 Å². The van der Waals surface area contributed by atoms with E-state index >= 15 is 0 Å². The van der Waals surface area contributed by atoms with Crippen molar-refractivity contribution in [2.45, 2.75) is 51.0 Å². The first-order valence-electron chi connectivity index (χ1n) is 11.3. The van der Waals surface area contributed by atoms with E-state index in [2.05, 4.69) is 0 Å². The Morgan fingerprint density at radius 1 is 0.941 bits per heavy atom. The van der Waals surface area contributed by atoms with Gasteiger partial charge in [0.25, 0.3) is 5.69 Å². The standard InChI is InChI=1S/C26H22ClNO6/c27-18-13-16(9-12-21(18)33-14-15-7-10-17(11-8-15)28(31)32)24-25-19(29)3-1-5-22(25)34-23-6-2-4-20(30)26(23)24/h7-13,24H,1-6,14H2. The number of rotatable bonds is 5. The van der Waals surface area contributed by atoms with E-state index in [4.69, 9.17) is 21.1 Å². The molecule has 2 aliphatic carbocycles. The van der Waals surface area contributed by atoms with Gasteiger partial charge in [-0.2, -0.15) is 0 Å². The number of nitro groups is 1. The molecule has 0 saturated carbocycles. The number of hydrogen-bond donors (Lipinski definition) is 0. The van der Waals surface area contributed by atoms with Crippen LogP contribution >= 0.6 is 11.6 Å². The van der Waals surface area contributed by atoms with Crippen LogP contribution < -0.4 is 4.74 Å². The Hall–Kier alpha value is -3.45. The summed E-state index contributed by atoms with van der Waals surface area (Å²) in [6.07, 6.45) is 3.76. The van der Waals surface area contributed by atoms with E-state index in [-0.39, 0.29) is 23.9 Å². The van der Waals surface area contributed by atoms with Crippen LogP contribution in [0.5, 0.6) is 5.75 Å². The summed E-state index contributed by atoms with van der Waals surface area (Å²) in [5, 5.41) is 11.2. The van der Waals surface area contributed by atoms with Crippen molar-refractivity contribution in [2.24, 2.45) is 0 Å². The number of non-ortho nitro benzene ring substituents is 1. The number of halogens is 1. The van der Waals surface area contributed by atoms with Crippen molar-refractivity contribution >= 4 is 28.9 Å². The first-order chi connectivity index (χ1) is 16.4. The highest BCUT2D eigenvalue weighted by Crippen LogP contribution is 2.48. The van der Waals surface area contributed by atoms with Crippen LogP contribution in [0.3, 0.4) is 0 Å². The quantitative estimate of drug-likeness (QED) is 0.388. The van der Waals surface area contributed by atoms with E-state index in [0.29, 0.717) is 59.1 Å². The molecule has 0 amide bonds. The monoisotopic (exact) mass is 479 g/mol. The maximum absolute atomic E-state index is 12.9. The predicted molar refractivity (Wildman–Crippen MR) is 124 cm³/mol. The van der Waals surface area contributed by atoms with Crippen molar-refractivity contribution in [1.29, 1.82) is 0 Å². The van der Waals surface area contributed by atoms with E-state index in [1.165, 1.54) is 12.1 Å². The highest BCUT2D eigenvalue weighted by Gasteiger charge is 2.41. The van der Waals surface area contributed by atoms with Crippen LogP contribution in [0.2, 0.25) is 5.02 Å². The van der Waals surface area contributed by atoms with Gasteiger partial charge in [-0.25, -0.2) is 0 Å². The number of allylic oxidation sites excluding steroid dienone is 4. The predicted octanol–water partition coefficient (Wildman–Crippen LogP) is 5.96. The Labute approximate surface area is 201 Å². The van der Waals surface area contributed by atoms with Crippen LogP contribution in [0.4, 0.5) is 5.69 Å². The lowest BCUT2D eigenvalue weighted by Gasteiger charge is -2.36. The van der Waals surface area contributed by atoms with E-state index < -0.39 is 10.8 Å². The third-order valence-corrected chi connectivity index (χ3v) is 6.77. The molecule has 174 valence electrons. The Balaban J connectivity index is 1.43. The average Bonchev–Trinajstić information content (AvgIpc) is 2.82. The number of carbonyl (C=O) groups excluding carboxylic acids is 2. The van der Waals surface area contributed by atoms with Gasteiger partial charge in [-0.15, -0.1) is 0 Å². The number of benzene rings is 2. The van der Waals surface area contributed by atoms with E-state index in [1.807, 2.05) is 6.07 Å². The van der Waals surface area contributed by atoms with Crippen LogP contribution in [0.25, 0.3) is 0 Å². The minimum atomic E-state index is -0.472. The molecule has 0 spiro atoms. The Kier molecular flexibility index (Phi) is 5.96. The smallest absolute Gasteiger partial charge is 0.269 e. The Bertz CT molecular complexity index is 1220. The normalized spacial score (nSPS) is 18.4. The fourth-order valence-electron chi connectivity index (χ4n) is 4.84. The molecule has 0 bridgehead atoms. The van der Waals surface area contributed by atoms with Crippen molar-refractivity contribution in [1.82, 2.24) is 0 Å². The number of nitrogens with zero attached hydrogens (tertiary/aromatic N) is 1. The molecule has 0 fully saturated rings. The van der Waals surface area contributed by atoms with E-state index in [1.54, 1.807) is 24.3 Å². The molecule has 7 nitrogen and oxygen atoms in total. The van der Waals surface area contributed by atoms with Crippen molar-refractivity contribution < 1.29 is 24.0 Å². The maximum Gasteiger partial charge on any atom is 0.269 e. The summed E-state index contributed by atoms with van der Waals surface area (Å²) in [4.78, 5) is 36.2. The molecule has 0 unspecified atom stereocenters. The molecule has 0 aromatic heterocycles. The number of hydrogen-bond acceptors (Lipinski definition) is 6. The van der Waals surface area contributed by atoms with Crippen molar-refractivity contribution in [3.8, 4) is 5.75 Å². The molecule has 8 heteroatoms. The third kappa shape index (κ3) is 4.12. The lowest BCUT2D eigenvalue weighted by Crippen LogP contribution is -2.30. The molecule has 3 aliphatic rings. The fourth-order valence-corrected chi connectivity index (χ4v) is 5.08. The molecule has 1 heterocycles. The van der Waals surface area contributed by atoms with Gasteiger partial charge < -0.3 is 9.47 Å². The number of ketones is 2. The van der Waals surface area contributed by atoms with Gasteiger partial charge >= 0.3 is 0 Å². The SMILES string of the molecule is O=C1CCCC2=C1C(c1ccc(OCc3ccc([N+](=O)[O-])cc3)c(Cl)c1)C1=C(CCCC1=O)O2. The number of ether oxygens (including phenoxy) is 2. The van der Waals surface area contributed by atoms with Gasteiger partial charge in [-0.05, 0) is 48.2 Å². The van der Waals surface area contributed by atoms with Gasteiger partial charge in [-0.1, -0.05) is 17.7 Å². The summed E-state index contributed by atoms with van der Waals surface area (Å²) < 4.78 is 11.9. The zero-order valence-electron chi connectivity index (χ0n) is 18.3. The number of nitro benzene ring substituents is 1. The minimum absolute atomic E-state index is 0.0134. The van der Waals surface area contributed by atoms with Crippen molar-refractivity contribution in [2.75, 3.05) is 0 Å².